The molecule has 1 N–H and O–H groups in total. The van der Waals surface area contributed by atoms with E-state index in [9.17, 15) is 9.18 Å². The second-order valence-corrected chi connectivity index (χ2v) is 7.25. The number of nitrogens with zero attached hydrogens (tertiary/aromatic N) is 2. The standard InChI is InChI=1S/C20H22FN3O2/c1-24(2)18-13(4-3-8-22-18)12-23-19(25)16-11-20(16)7-9-26-17-6-5-14(21)10-15(17)20/h3-6,8,10,16H,7,9,11-12H2,1-2H3,(H,23,25)/t16-,20-/m1/s1. The third kappa shape index (κ3) is 2.79. The number of halogens is 1. The van der Waals surface area contributed by atoms with E-state index in [1.54, 1.807) is 12.3 Å². The van der Waals surface area contributed by atoms with Gasteiger partial charge in [-0.25, -0.2) is 9.37 Å². The third-order valence-electron chi connectivity index (χ3n) is 5.42. The van der Waals surface area contributed by atoms with E-state index in [2.05, 4.69) is 10.3 Å². The highest BCUT2D eigenvalue weighted by atomic mass is 19.1. The van der Waals surface area contributed by atoms with Gasteiger partial charge in [0.05, 0.1) is 6.61 Å². The highest BCUT2D eigenvalue weighted by molar-refractivity contribution is 5.85. The Kier molecular flexibility index (Phi) is 4.05. The van der Waals surface area contributed by atoms with Crippen molar-refractivity contribution in [2.45, 2.75) is 24.8 Å². The van der Waals surface area contributed by atoms with Crippen molar-refractivity contribution in [3.63, 3.8) is 0 Å². The molecule has 1 aliphatic carbocycles. The van der Waals surface area contributed by atoms with Crippen LogP contribution < -0.4 is 15.0 Å². The average molecular weight is 355 g/mol. The number of carbonyl (C=O) groups is 1. The van der Waals surface area contributed by atoms with Crippen molar-refractivity contribution < 1.29 is 13.9 Å². The zero-order valence-electron chi connectivity index (χ0n) is 15.0. The highest BCUT2D eigenvalue weighted by Gasteiger charge is 2.61. The quantitative estimate of drug-likeness (QED) is 0.916. The molecular weight excluding hydrogens is 333 g/mol. The van der Waals surface area contributed by atoms with Gasteiger partial charge in [0.1, 0.15) is 17.4 Å². The minimum absolute atomic E-state index is 0.00988. The molecule has 0 bridgehead atoms. The predicted molar refractivity (Wildman–Crippen MR) is 96.7 cm³/mol. The lowest BCUT2D eigenvalue weighted by atomic mass is 9.87. The number of rotatable bonds is 4. The Morgan fingerprint density at radius 3 is 3.08 bits per heavy atom. The van der Waals surface area contributed by atoms with Crippen LogP contribution in [-0.2, 0) is 16.8 Å². The number of carbonyl (C=O) groups excluding carboxylic acids is 1. The van der Waals surface area contributed by atoms with Crippen LogP contribution in [0.2, 0.25) is 0 Å². The molecule has 0 saturated heterocycles. The molecule has 1 fully saturated rings. The second-order valence-electron chi connectivity index (χ2n) is 7.25. The van der Waals surface area contributed by atoms with E-state index in [1.165, 1.54) is 12.1 Å². The van der Waals surface area contributed by atoms with Crippen LogP contribution in [0.25, 0.3) is 0 Å². The molecule has 2 aliphatic rings. The number of ether oxygens (including phenoxy) is 1. The van der Waals surface area contributed by atoms with E-state index >= 15 is 0 Å². The number of nitrogens with one attached hydrogen (secondary N) is 1. The molecule has 0 radical (unpaired) electrons. The number of hydrogen-bond donors (Lipinski definition) is 1. The van der Waals surface area contributed by atoms with Crippen LogP contribution in [0.15, 0.2) is 36.5 Å². The number of hydrogen-bond acceptors (Lipinski definition) is 4. The van der Waals surface area contributed by atoms with Gasteiger partial charge >= 0.3 is 0 Å². The first-order chi connectivity index (χ1) is 12.5. The fourth-order valence-electron chi connectivity index (χ4n) is 3.99. The maximum absolute atomic E-state index is 13.7. The second kappa shape index (κ2) is 6.27. The molecule has 136 valence electrons. The molecule has 1 spiro atoms. The van der Waals surface area contributed by atoms with Crippen molar-refractivity contribution >= 4 is 11.7 Å². The Hall–Kier alpha value is -2.63. The van der Waals surface area contributed by atoms with E-state index in [4.69, 9.17) is 4.74 Å². The first-order valence-corrected chi connectivity index (χ1v) is 8.83. The highest BCUT2D eigenvalue weighted by Crippen LogP contribution is 2.60. The largest absolute Gasteiger partial charge is 0.493 e. The molecule has 1 aromatic carbocycles. The predicted octanol–water partition coefficient (Wildman–Crippen LogP) is 2.64. The summed E-state index contributed by atoms with van der Waals surface area (Å²) in [7, 11) is 3.86. The number of benzene rings is 1. The van der Waals surface area contributed by atoms with Gasteiger partial charge in [0, 0.05) is 49.3 Å². The zero-order chi connectivity index (χ0) is 18.3. The van der Waals surface area contributed by atoms with E-state index in [1.807, 2.05) is 31.1 Å². The first kappa shape index (κ1) is 16.8. The fourth-order valence-corrected chi connectivity index (χ4v) is 3.99. The molecule has 2 atom stereocenters. The average Bonchev–Trinajstić information content (AvgIpc) is 3.35. The maximum atomic E-state index is 13.7. The molecule has 0 unspecified atom stereocenters. The van der Waals surface area contributed by atoms with E-state index in [0.717, 1.165) is 29.8 Å². The van der Waals surface area contributed by atoms with Gasteiger partial charge in [-0.3, -0.25) is 4.79 Å². The lowest BCUT2D eigenvalue weighted by Crippen LogP contribution is -2.31. The van der Waals surface area contributed by atoms with Gasteiger partial charge in [0.15, 0.2) is 0 Å². The minimum Gasteiger partial charge on any atom is -0.493 e. The van der Waals surface area contributed by atoms with Crippen LogP contribution in [0.4, 0.5) is 10.2 Å². The van der Waals surface area contributed by atoms with Gasteiger partial charge in [0.25, 0.3) is 0 Å². The van der Waals surface area contributed by atoms with Crippen molar-refractivity contribution in [2.24, 2.45) is 5.92 Å². The Morgan fingerprint density at radius 1 is 1.42 bits per heavy atom. The summed E-state index contributed by atoms with van der Waals surface area (Å²) < 4.78 is 19.4. The van der Waals surface area contributed by atoms with Crippen molar-refractivity contribution in [3.8, 4) is 5.75 Å². The number of fused-ring (bicyclic) bond motifs is 2. The SMILES string of the molecule is CN(C)c1ncccc1CNC(=O)[C@H]1C[C@@]12CCOc1ccc(F)cc12. The molecule has 2 aromatic rings. The summed E-state index contributed by atoms with van der Waals surface area (Å²) in [6, 6.07) is 8.42. The topological polar surface area (TPSA) is 54.5 Å². The maximum Gasteiger partial charge on any atom is 0.224 e. The molecule has 6 heteroatoms. The summed E-state index contributed by atoms with van der Waals surface area (Å²) in [6.07, 6.45) is 3.23. The number of pyridine rings is 1. The minimum atomic E-state index is -0.286. The summed E-state index contributed by atoms with van der Waals surface area (Å²) in [6.45, 7) is 0.995. The molecule has 26 heavy (non-hydrogen) atoms. The van der Waals surface area contributed by atoms with Gasteiger partial charge in [-0.05, 0) is 37.1 Å². The van der Waals surface area contributed by atoms with E-state index in [0.29, 0.717) is 18.9 Å². The first-order valence-electron chi connectivity index (χ1n) is 8.83. The van der Waals surface area contributed by atoms with Crippen LogP contribution in [0.1, 0.15) is 24.0 Å². The smallest absolute Gasteiger partial charge is 0.224 e. The van der Waals surface area contributed by atoms with Gasteiger partial charge in [-0.1, -0.05) is 6.07 Å². The fraction of sp³-hybridized carbons (Fsp3) is 0.400. The van der Waals surface area contributed by atoms with Gasteiger partial charge in [-0.2, -0.15) is 0 Å². The number of amides is 1. The molecule has 1 aliphatic heterocycles. The van der Waals surface area contributed by atoms with Crippen LogP contribution >= 0.6 is 0 Å². The number of aromatic nitrogens is 1. The normalized spacial score (nSPS) is 23.1. The molecule has 4 rings (SSSR count). The summed E-state index contributed by atoms with van der Waals surface area (Å²) in [4.78, 5) is 19.0. The Morgan fingerprint density at radius 2 is 2.27 bits per heavy atom. The summed E-state index contributed by atoms with van der Waals surface area (Å²) in [5, 5.41) is 3.03. The lowest BCUT2D eigenvalue weighted by molar-refractivity contribution is -0.123. The van der Waals surface area contributed by atoms with Crippen molar-refractivity contribution in [3.05, 3.63) is 53.5 Å². The summed E-state index contributed by atoms with van der Waals surface area (Å²) >= 11 is 0. The Balaban J connectivity index is 1.48. The summed E-state index contributed by atoms with van der Waals surface area (Å²) in [5.74, 6) is 1.14. The van der Waals surface area contributed by atoms with Crippen LogP contribution in [0.5, 0.6) is 5.75 Å². The Labute approximate surface area is 152 Å². The summed E-state index contributed by atoms with van der Waals surface area (Å²) in [5.41, 5.74) is 1.53. The lowest BCUT2D eigenvalue weighted by Gasteiger charge is -2.27. The van der Waals surface area contributed by atoms with Crippen molar-refractivity contribution in [2.75, 3.05) is 25.6 Å². The van der Waals surface area contributed by atoms with Crippen LogP contribution in [0, 0.1) is 11.7 Å². The van der Waals surface area contributed by atoms with Crippen LogP contribution in [-0.4, -0.2) is 31.6 Å². The molecular formula is C20H22FN3O2. The monoisotopic (exact) mass is 355 g/mol. The Bertz CT molecular complexity index is 855. The van der Waals surface area contributed by atoms with E-state index < -0.39 is 0 Å². The van der Waals surface area contributed by atoms with Crippen molar-refractivity contribution in [1.82, 2.24) is 10.3 Å². The zero-order valence-corrected chi connectivity index (χ0v) is 15.0. The van der Waals surface area contributed by atoms with Crippen LogP contribution in [0.3, 0.4) is 0 Å². The van der Waals surface area contributed by atoms with Gasteiger partial charge in [-0.15, -0.1) is 0 Å². The van der Waals surface area contributed by atoms with Gasteiger partial charge in [0.2, 0.25) is 5.91 Å². The van der Waals surface area contributed by atoms with Crippen molar-refractivity contribution in [1.29, 1.82) is 0 Å². The molecule has 5 nitrogen and oxygen atoms in total. The molecule has 1 aromatic heterocycles. The number of anilines is 1. The molecule has 1 amide bonds. The van der Waals surface area contributed by atoms with Gasteiger partial charge < -0.3 is 15.0 Å². The molecule has 1 saturated carbocycles. The van der Waals surface area contributed by atoms with E-state index in [-0.39, 0.29) is 23.1 Å². The molecule has 2 heterocycles. The third-order valence-corrected chi connectivity index (χ3v) is 5.42.